The third-order valence-electron chi connectivity index (χ3n) is 3.57. The van der Waals surface area contributed by atoms with E-state index in [1.54, 1.807) is 18.2 Å². The van der Waals surface area contributed by atoms with Crippen LogP contribution in [0.1, 0.15) is 22.8 Å². The number of hydrogen-bond acceptors (Lipinski definition) is 2. The van der Waals surface area contributed by atoms with Crippen molar-refractivity contribution < 1.29 is 14.0 Å². The van der Waals surface area contributed by atoms with Gasteiger partial charge in [-0.15, -0.1) is 0 Å². The van der Waals surface area contributed by atoms with E-state index in [4.69, 9.17) is 23.2 Å². The summed E-state index contributed by atoms with van der Waals surface area (Å²) in [7, 11) is 0. The molecular formula is C18H17Cl2FN2O2. The molecule has 4 nitrogen and oxygen atoms in total. The molecule has 2 rings (SSSR count). The number of amides is 2. The number of hydrogen-bond donors (Lipinski definition) is 1. The Labute approximate surface area is 155 Å². The lowest BCUT2D eigenvalue weighted by atomic mass is 10.2. The van der Waals surface area contributed by atoms with Crippen LogP contribution < -0.4 is 5.32 Å². The summed E-state index contributed by atoms with van der Waals surface area (Å²) in [6, 6.07) is 10.6. The molecule has 0 spiro atoms. The Morgan fingerprint density at radius 2 is 1.92 bits per heavy atom. The molecule has 0 aliphatic heterocycles. The normalized spacial score (nSPS) is 10.4. The first-order valence-corrected chi connectivity index (χ1v) is 8.41. The molecular weight excluding hydrogens is 366 g/mol. The van der Waals surface area contributed by atoms with Gasteiger partial charge >= 0.3 is 0 Å². The summed E-state index contributed by atoms with van der Waals surface area (Å²) in [5.41, 5.74) is 0.925. The first-order chi connectivity index (χ1) is 11.9. The Kier molecular flexibility index (Phi) is 6.79. The van der Waals surface area contributed by atoms with Gasteiger partial charge in [-0.1, -0.05) is 35.3 Å². The number of carbonyl (C=O) groups excluding carboxylic acids is 2. The number of rotatable bonds is 6. The van der Waals surface area contributed by atoms with E-state index >= 15 is 0 Å². The Bertz CT molecular complexity index is 783. The highest BCUT2D eigenvalue weighted by molar-refractivity contribution is 6.36. The first-order valence-electron chi connectivity index (χ1n) is 7.66. The smallest absolute Gasteiger partial charge is 0.253 e. The van der Waals surface area contributed by atoms with Crippen molar-refractivity contribution in [3.63, 3.8) is 0 Å². The zero-order chi connectivity index (χ0) is 18.4. The van der Waals surface area contributed by atoms with Crippen LogP contribution in [0.4, 0.5) is 4.39 Å². The number of benzene rings is 2. The van der Waals surface area contributed by atoms with Gasteiger partial charge in [-0.3, -0.25) is 9.59 Å². The fraction of sp³-hybridized carbons (Fsp3) is 0.222. The maximum absolute atomic E-state index is 13.2. The minimum absolute atomic E-state index is 0.180. The SMILES string of the molecule is CCN(Cc1cccc(F)c1)C(=O)CNC(=O)c1ccc(Cl)cc1Cl. The van der Waals surface area contributed by atoms with Crippen LogP contribution in [-0.4, -0.2) is 29.8 Å². The topological polar surface area (TPSA) is 49.4 Å². The van der Waals surface area contributed by atoms with Crippen molar-refractivity contribution in [3.05, 3.63) is 69.5 Å². The van der Waals surface area contributed by atoms with Crippen LogP contribution in [0.3, 0.4) is 0 Å². The van der Waals surface area contributed by atoms with Crippen molar-refractivity contribution in [1.29, 1.82) is 0 Å². The van der Waals surface area contributed by atoms with Gasteiger partial charge in [0.1, 0.15) is 5.82 Å². The van der Waals surface area contributed by atoms with Crippen molar-refractivity contribution in [1.82, 2.24) is 10.2 Å². The van der Waals surface area contributed by atoms with E-state index in [0.717, 1.165) is 0 Å². The highest BCUT2D eigenvalue weighted by Gasteiger charge is 2.16. The zero-order valence-electron chi connectivity index (χ0n) is 13.6. The predicted molar refractivity (Wildman–Crippen MR) is 96.3 cm³/mol. The van der Waals surface area contributed by atoms with E-state index in [9.17, 15) is 14.0 Å². The number of carbonyl (C=O) groups is 2. The number of halogens is 3. The maximum atomic E-state index is 13.2. The molecule has 2 amide bonds. The summed E-state index contributed by atoms with van der Waals surface area (Å²) in [5.74, 6) is -1.09. The van der Waals surface area contributed by atoms with Crippen molar-refractivity contribution in [2.24, 2.45) is 0 Å². The average Bonchev–Trinajstić information content (AvgIpc) is 2.57. The monoisotopic (exact) mass is 382 g/mol. The average molecular weight is 383 g/mol. The van der Waals surface area contributed by atoms with E-state index in [0.29, 0.717) is 17.1 Å². The second-order valence-electron chi connectivity index (χ2n) is 5.34. The number of nitrogens with one attached hydrogen (secondary N) is 1. The molecule has 0 atom stereocenters. The molecule has 0 bridgehead atoms. The van der Waals surface area contributed by atoms with E-state index in [-0.39, 0.29) is 35.4 Å². The van der Waals surface area contributed by atoms with Gasteiger partial charge in [0, 0.05) is 18.1 Å². The summed E-state index contributed by atoms with van der Waals surface area (Å²) in [6.07, 6.45) is 0. The molecule has 132 valence electrons. The second-order valence-corrected chi connectivity index (χ2v) is 6.19. The van der Waals surface area contributed by atoms with Crippen LogP contribution in [-0.2, 0) is 11.3 Å². The fourth-order valence-electron chi connectivity index (χ4n) is 2.27. The minimum atomic E-state index is -0.461. The molecule has 0 aromatic heterocycles. The molecule has 7 heteroatoms. The van der Waals surface area contributed by atoms with Crippen LogP contribution in [0.25, 0.3) is 0 Å². The van der Waals surface area contributed by atoms with Gasteiger partial charge in [0.15, 0.2) is 0 Å². The summed E-state index contributed by atoms with van der Waals surface area (Å²) >= 11 is 11.8. The molecule has 0 radical (unpaired) electrons. The van der Waals surface area contributed by atoms with Gasteiger partial charge in [-0.25, -0.2) is 4.39 Å². The molecule has 0 heterocycles. The molecule has 0 saturated carbocycles. The fourth-order valence-corrected chi connectivity index (χ4v) is 2.76. The highest BCUT2D eigenvalue weighted by Crippen LogP contribution is 2.20. The number of likely N-dealkylation sites (N-methyl/N-ethyl adjacent to an activating group) is 1. The van der Waals surface area contributed by atoms with Crippen molar-refractivity contribution in [3.8, 4) is 0 Å². The summed E-state index contributed by atoms with van der Waals surface area (Å²) in [6.45, 7) is 2.34. The third-order valence-corrected chi connectivity index (χ3v) is 4.12. The molecule has 25 heavy (non-hydrogen) atoms. The van der Waals surface area contributed by atoms with Gasteiger partial charge in [-0.2, -0.15) is 0 Å². The zero-order valence-corrected chi connectivity index (χ0v) is 15.1. The predicted octanol–water partition coefficient (Wildman–Crippen LogP) is 3.91. The molecule has 1 N–H and O–H groups in total. The third kappa shape index (κ3) is 5.44. The van der Waals surface area contributed by atoms with Gasteiger partial charge in [-0.05, 0) is 42.8 Å². The van der Waals surface area contributed by atoms with E-state index in [1.807, 2.05) is 6.92 Å². The summed E-state index contributed by atoms with van der Waals surface area (Å²) in [4.78, 5) is 26.0. The van der Waals surface area contributed by atoms with Crippen molar-refractivity contribution in [2.75, 3.05) is 13.1 Å². The van der Waals surface area contributed by atoms with Crippen LogP contribution in [0.15, 0.2) is 42.5 Å². The van der Waals surface area contributed by atoms with Crippen LogP contribution in [0.5, 0.6) is 0 Å². The van der Waals surface area contributed by atoms with Gasteiger partial charge in [0.25, 0.3) is 5.91 Å². The Morgan fingerprint density at radius 3 is 2.56 bits per heavy atom. The molecule has 0 unspecified atom stereocenters. The van der Waals surface area contributed by atoms with Crippen molar-refractivity contribution in [2.45, 2.75) is 13.5 Å². The molecule has 0 saturated heterocycles. The van der Waals surface area contributed by atoms with Crippen LogP contribution >= 0.6 is 23.2 Å². The molecule has 0 aliphatic rings. The summed E-state index contributed by atoms with van der Waals surface area (Å²) in [5, 5.41) is 3.17. The number of nitrogens with zero attached hydrogens (tertiary/aromatic N) is 1. The molecule has 2 aromatic rings. The summed E-state index contributed by atoms with van der Waals surface area (Å²) < 4.78 is 13.2. The van der Waals surface area contributed by atoms with Crippen molar-refractivity contribution >= 4 is 35.0 Å². The molecule has 2 aromatic carbocycles. The minimum Gasteiger partial charge on any atom is -0.343 e. The van der Waals surface area contributed by atoms with E-state index in [2.05, 4.69) is 5.32 Å². The van der Waals surface area contributed by atoms with Gasteiger partial charge in [0.05, 0.1) is 17.1 Å². The van der Waals surface area contributed by atoms with E-state index in [1.165, 1.54) is 29.2 Å². The lowest BCUT2D eigenvalue weighted by Gasteiger charge is -2.21. The largest absolute Gasteiger partial charge is 0.343 e. The van der Waals surface area contributed by atoms with Crippen LogP contribution in [0, 0.1) is 5.82 Å². The van der Waals surface area contributed by atoms with E-state index < -0.39 is 5.91 Å². The lowest BCUT2D eigenvalue weighted by molar-refractivity contribution is -0.130. The Morgan fingerprint density at radius 1 is 1.16 bits per heavy atom. The quantitative estimate of drug-likeness (QED) is 0.822. The highest BCUT2D eigenvalue weighted by atomic mass is 35.5. The Hall–Kier alpha value is -2.11. The maximum Gasteiger partial charge on any atom is 0.253 e. The second kappa shape index (κ2) is 8.83. The standard InChI is InChI=1S/C18H17Cl2FN2O2/c1-2-23(11-12-4-3-5-14(21)8-12)17(24)10-22-18(25)15-7-6-13(19)9-16(15)20/h3-9H,2,10-11H2,1H3,(H,22,25). The first kappa shape index (κ1) is 19.2. The van der Waals surface area contributed by atoms with Crippen LogP contribution in [0.2, 0.25) is 10.0 Å². The lowest BCUT2D eigenvalue weighted by Crippen LogP contribution is -2.39. The molecule has 0 fully saturated rings. The molecule has 0 aliphatic carbocycles. The Balaban J connectivity index is 1.96. The van der Waals surface area contributed by atoms with Gasteiger partial charge in [0.2, 0.25) is 5.91 Å². The van der Waals surface area contributed by atoms with Gasteiger partial charge < -0.3 is 10.2 Å².